The summed E-state index contributed by atoms with van der Waals surface area (Å²) in [6, 6.07) is 13.1. The van der Waals surface area contributed by atoms with E-state index in [4.69, 9.17) is 4.52 Å². The van der Waals surface area contributed by atoms with Gasteiger partial charge in [0.25, 0.3) is 5.91 Å². The molecule has 0 radical (unpaired) electrons. The first-order valence-electron chi connectivity index (χ1n) is 7.11. The molecule has 6 nitrogen and oxygen atoms in total. The number of amides is 1. The van der Waals surface area contributed by atoms with Crippen molar-refractivity contribution in [3.05, 3.63) is 60.6 Å². The standard InChI is InChI=1S/C16H16N4O2/c21-16(17-8-4-10-20-11-5-9-18-20)14-12-15(22-19-14)13-6-2-1-3-7-13/h1-3,5-7,9,11-12H,4,8,10H2,(H,17,21). The van der Waals surface area contributed by atoms with Crippen LogP contribution in [-0.4, -0.2) is 27.4 Å². The van der Waals surface area contributed by atoms with E-state index in [9.17, 15) is 4.79 Å². The smallest absolute Gasteiger partial charge is 0.273 e. The van der Waals surface area contributed by atoms with Gasteiger partial charge in [-0.15, -0.1) is 0 Å². The van der Waals surface area contributed by atoms with Crippen molar-refractivity contribution in [2.45, 2.75) is 13.0 Å². The van der Waals surface area contributed by atoms with Gasteiger partial charge in [0, 0.05) is 37.1 Å². The van der Waals surface area contributed by atoms with Crippen LogP contribution in [0.3, 0.4) is 0 Å². The molecular weight excluding hydrogens is 280 g/mol. The fourth-order valence-electron chi connectivity index (χ4n) is 2.09. The Labute approximate surface area is 127 Å². The van der Waals surface area contributed by atoms with E-state index < -0.39 is 0 Å². The number of aryl methyl sites for hydroxylation is 1. The third-order valence-electron chi connectivity index (χ3n) is 3.21. The fourth-order valence-corrected chi connectivity index (χ4v) is 2.09. The van der Waals surface area contributed by atoms with E-state index in [2.05, 4.69) is 15.6 Å². The van der Waals surface area contributed by atoms with Crippen molar-refractivity contribution in [1.29, 1.82) is 0 Å². The topological polar surface area (TPSA) is 73.0 Å². The molecule has 0 unspecified atom stereocenters. The number of nitrogens with one attached hydrogen (secondary N) is 1. The highest BCUT2D eigenvalue weighted by atomic mass is 16.5. The van der Waals surface area contributed by atoms with E-state index in [-0.39, 0.29) is 11.6 Å². The summed E-state index contributed by atoms with van der Waals surface area (Å²) in [5, 5.41) is 10.7. The first-order valence-corrected chi connectivity index (χ1v) is 7.11. The lowest BCUT2D eigenvalue weighted by molar-refractivity contribution is 0.0943. The Kier molecular flexibility index (Phi) is 4.29. The largest absolute Gasteiger partial charge is 0.355 e. The molecule has 2 aromatic heterocycles. The van der Waals surface area contributed by atoms with Gasteiger partial charge >= 0.3 is 0 Å². The molecular formula is C16H16N4O2. The van der Waals surface area contributed by atoms with Crippen LogP contribution in [0.15, 0.2) is 59.4 Å². The molecule has 0 aliphatic carbocycles. The molecule has 3 rings (SSSR count). The molecule has 112 valence electrons. The van der Waals surface area contributed by atoms with Gasteiger partial charge in [-0.25, -0.2) is 0 Å². The van der Waals surface area contributed by atoms with Gasteiger partial charge in [-0.2, -0.15) is 5.10 Å². The second kappa shape index (κ2) is 6.71. The van der Waals surface area contributed by atoms with Crippen LogP contribution < -0.4 is 5.32 Å². The minimum Gasteiger partial charge on any atom is -0.355 e. The summed E-state index contributed by atoms with van der Waals surface area (Å²) in [7, 11) is 0. The summed E-state index contributed by atoms with van der Waals surface area (Å²) in [6.07, 6.45) is 4.43. The lowest BCUT2D eigenvalue weighted by atomic mass is 10.1. The Balaban J connectivity index is 1.51. The minimum atomic E-state index is -0.230. The quantitative estimate of drug-likeness (QED) is 0.709. The number of carbonyl (C=O) groups is 1. The van der Waals surface area contributed by atoms with Crippen LogP contribution in [0.2, 0.25) is 0 Å². The van der Waals surface area contributed by atoms with Crippen molar-refractivity contribution in [3.8, 4) is 11.3 Å². The van der Waals surface area contributed by atoms with Crippen LogP contribution in [0.1, 0.15) is 16.9 Å². The zero-order chi connectivity index (χ0) is 15.2. The molecule has 0 fully saturated rings. The van der Waals surface area contributed by atoms with Gasteiger partial charge in [0.05, 0.1) is 0 Å². The third-order valence-corrected chi connectivity index (χ3v) is 3.21. The summed E-state index contributed by atoms with van der Waals surface area (Å²) >= 11 is 0. The summed E-state index contributed by atoms with van der Waals surface area (Å²) in [4.78, 5) is 12.0. The van der Waals surface area contributed by atoms with E-state index in [1.54, 1.807) is 12.3 Å². The summed E-state index contributed by atoms with van der Waals surface area (Å²) in [5.74, 6) is 0.355. The lowest BCUT2D eigenvalue weighted by Gasteiger charge is -2.03. The Bertz CT molecular complexity index is 720. The van der Waals surface area contributed by atoms with Crippen molar-refractivity contribution in [3.63, 3.8) is 0 Å². The summed E-state index contributed by atoms with van der Waals surface area (Å²) in [6.45, 7) is 1.33. The predicted octanol–water partition coefficient (Wildman–Crippen LogP) is 2.36. The van der Waals surface area contributed by atoms with Crippen molar-refractivity contribution in [2.24, 2.45) is 0 Å². The number of hydrogen-bond donors (Lipinski definition) is 1. The number of nitrogens with zero attached hydrogens (tertiary/aromatic N) is 3. The number of carbonyl (C=O) groups excluding carboxylic acids is 1. The number of benzene rings is 1. The van der Waals surface area contributed by atoms with E-state index in [1.165, 1.54) is 0 Å². The molecule has 0 bridgehead atoms. The van der Waals surface area contributed by atoms with Crippen LogP contribution in [0, 0.1) is 0 Å². The third kappa shape index (κ3) is 3.41. The highest BCUT2D eigenvalue weighted by Gasteiger charge is 2.12. The zero-order valence-electron chi connectivity index (χ0n) is 12.0. The second-order valence-corrected chi connectivity index (χ2v) is 4.82. The highest BCUT2D eigenvalue weighted by Crippen LogP contribution is 2.19. The molecule has 0 saturated carbocycles. The number of hydrogen-bond acceptors (Lipinski definition) is 4. The first-order chi connectivity index (χ1) is 10.8. The van der Waals surface area contributed by atoms with Gasteiger partial charge in [-0.1, -0.05) is 35.5 Å². The molecule has 1 amide bonds. The van der Waals surface area contributed by atoms with Gasteiger partial charge in [0.2, 0.25) is 0 Å². The van der Waals surface area contributed by atoms with Crippen molar-refractivity contribution in [1.82, 2.24) is 20.3 Å². The van der Waals surface area contributed by atoms with Crippen LogP contribution in [0.25, 0.3) is 11.3 Å². The van der Waals surface area contributed by atoms with Gasteiger partial charge in [-0.05, 0) is 12.5 Å². The minimum absolute atomic E-state index is 0.230. The van der Waals surface area contributed by atoms with Crippen molar-refractivity contribution < 1.29 is 9.32 Å². The molecule has 0 atom stereocenters. The van der Waals surface area contributed by atoms with Crippen molar-refractivity contribution in [2.75, 3.05) is 6.54 Å². The fraction of sp³-hybridized carbons (Fsp3) is 0.188. The number of rotatable bonds is 6. The monoisotopic (exact) mass is 296 g/mol. The van der Waals surface area contributed by atoms with Crippen LogP contribution in [0.4, 0.5) is 0 Å². The van der Waals surface area contributed by atoms with E-state index in [1.807, 2.05) is 47.3 Å². The maximum Gasteiger partial charge on any atom is 0.273 e. The first kappa shape index (κ1) is 14.1. The van der Waals surface area contributed by atoms with Crippen LogP contribution in [0.5, 0.6) is 0 Å². The van der Waals surface area contributed by atoms with E-state index >= 15 is 0 Å². The summed E-state index contributed by atoms with van der Waals surface area (Å²) < 4.78 is 7.04. The number of aromatic nitrogens is 3. The average Bonchev–Trinajstić information content (AvgIpc) is 3.24. The Morgan fingerprint density at radius 2 is 2.09 bits per heavy atom. The molecule has 0 aliphatic heterocycles. The molecule has 3 aromatic rings. The molecule has 0 saturated heterocycles. The molecule has 2 heterocycles. The lowest BCUT2D eigenvalue weighted by Crippen LogP contribution is -2.25. The molecule has 0 spiro atoms. The van der Waals surface area contributed by atoms with Gasteiger partial charge in [0.1, 0.15) is 0 Å². The molecule has 22 heavy (non-hydrogen) atoms. The molecule has 1 N–H and O–H groups in total. The Hall–Kier alpha value is -2.89. The van der Waals surface area contributed by atoms with Gasteiger partial charge < -0.3 is 9.84 Å². The van der Waals surface area contributed by atoms with Gasteiger partial charge in [-0.3, -0.25) is 9.48 Å². The van der Waals surface area contributed by atoms with Gasteiger partial charge in [0.15, 0.2) is 11.5 Å². The van der Waals surface area contributed by atoms with Crippen LogP contribution >= 0.6 is 0 Å². The van der Waals surface area contributed by atoms with E-state index in [0.717, 1.165) is 18.5 Å². The zero-order valence-corrected chi connectivity index (χ0v) is 12.0. The predicted molar refractivity (Wildman–Crippen MR) is 81.1 cm³/mol. The Morgan fingerprint density at radius 3 is 2.86 bits per heavy atom. The highest BCUT2D eigenvalue weighted by molar-refractivity contribution is 5.93. The maximum absolute atomic E-state index is 12.0. The summed E-state index contributed by atoms with van der Waals surface area (Å²) in [5.41, 5.74) is 1.19. The molecule has 6 heteroatoms. The molecule has 0 aliphatic rings. The SMILES string of the molecule is O=C(NCCCn1cccn1)c1cc(-c2ccccc2)on1. The van der Waals surface area contributed by atoms with Crippen LogP contribution in [-0.2, 0) is 6.54 Å². The van der Waals surface area contributed by atoms with E-state index in [0.29, 0.717) is 12.3 Å². The Morgan fingerprint density at radius 1 is 1.23 bits per heavy atom. The van der Waals surface area contributed by atoms with Crippen molar-refractivity contribution >= 4 is 5.91 Å². The molecule has 1 aromatic carbocycles. The maximum atomic E-state index is 12.0. The second-order valence-electron chi connectivity index (χ2n) is 4.82. The average molecular weight is 296 g/mol. The normalized spacial score (nSPS) is 10.5.